The van der Waals surface area contributed by atoms with Crippen molar-refractivity contribution in [2.75, 3.05) is 18.8 Å². The molecule has 0 atom stereocenters. The van der Waals surface area contributed by atoms with E-state index in [1.165, 1.54) is 10.6 Å². The number of carbonyl (C=O) groups is 1. The van der Waals surface area contributed by atoms with E-state index in [9.17, 15) is 18.5 Å². The molecular weight excluding hydrogens is 470 g/mol. The Hall–Kier alpha value is -3.30. The number of esters is 1. The van der Waals surface area contributed by atoms with Crippen LogP contribution in [0.4, 0.5) is 0 Å². The summed E-state index contributed by atoms with van der Waals surface area (Å²) in [5.41, 5.74) is 0.691. The zero-order chi connectivity index (χ0) is 25.4. The fourth-order valence-electron chi connectivity index (χ4n) is 3.98. The molecule has 4 rings (SSSR count). The summed E-state index contributed by atoms with van der Waals surface area (Å²) in [6.07, 6.45) is 7.47. The lowest BCUT2D eigenvalue weighted by Gasteiger charge is -2.47. The molecule has 3 aromatic heterocycles. The maximum Gasteiger partial charge on any atom is 0.313 e. The summed E-state index contributed by atoms with van der Waals surface area (Å²) in [4.78, 5) is 21.2. The Balaban J connectivity index is 1.59. The van der Waals surface area contributed by atoms with Crippen molar-refractivity contribution in [1.82, 2.24) is 28.6 Å². The van der Waals surface area contributed by atoms with E-state index in [1.807, 2.05) is 26.8 Å². The van der Waals surface area contributed by atoms with E-state index in [2.05, 4.69) is 21.1 Å². The van der Waals surface area contributed by atoms with E-state index < -0.39 is 21.0 Å². The maximum absolute atomic E-state index is 12.4. The zero-order valence-electron chi connectivity index (χ0n) is 20.3. The molecule has 0 saturated carbocycles. The summed E-state index contributed by atoms with van der Waals surface area (Å²) in [5.74, 6) is -0.263. The molecule has 0 aromatic carbocycles. The largest absolute Gasteiger partial charge is 0.443 e. The number of fused-ring (bicyclic) bond motifs is 1. The molecule has 0 aliphatic carbocycles. The van der Waals surface area contributed by atoms with Crippen molar-refractivity contribution in [3.63, 3.8) is 0 Å². The molecule has 3 aromatic rings. The van der Waals surface area contributed by atoms with Gasteiger partial charge in [0, 0.05) is 36.4 Å². The first kappa shape index (κ1) is 24.8. The van der Waals surface area contributed by atoms with Crippen LogP contribution in [0.15, 0.2) is 31.0 Å². The Morgan fingerprint density at radius 1 is 1.29 bits per heavy atom. The highest BCUT2D eigenvalue weighted by Gasteiger charge is 2.49. The third-order valence-electron chi connectivity index (χ3n) is 6.78. The number of carbonyl (C=O) groups excluding carboxylic acids is 1. The molecule has 1 aliphatic heterocycles. The van der Waals surface area contributed by atoms with Gasteiger partial charge in [-0.05, 0) is 33.3 Å². The average molecular weight is 500 g/mol. The third kappa shape index (κ3) is 4.41. The Bertz CT molecular complexity index is 1390. The monoisotopic (exact) mass is 499 g/mol. The first-order chi connectivity index (χ1) is 16.6. The van der Waals surface area contributed by atoms with Crippen LogP contribution in [-0.2, 0) is 31.8 Å². The molecule has 35 heavy (non-hydrogen) atoms. The summed E-state index contributed by atoms with van der Waals surface area (Å²) in [5, 5.41) is 14.6. The van der Waals surface area contributed by atoms with Gasteiger partial charge in [-0.3, -0.25) is 14.0 Å². The molecule has 1 aliphatic rings. The molecular formula is C23H29N7O4S. The zero-order valence-corrected chi connectivity index (χ0v) is 21.1. The lowest BCUT2D eigenvalue weighted by molar-refractivity contribution is -0.158. The third-order valence-corrected chi connectivity index (χ3v) is 8.55. The molecule has 0 spiro atoms. The standard InChI is InChI=1S/C23H29N7O4S/c1-5-22(3,4)21(31)34-16-28-10-7-18-19(25-15-26-20(18)28)17-11-27-30(12-17)23(8-9-24)13-29(14-23)35(32,33)6-2/h7,10-12,15H,5-6,8,13-14,16H2,1-4H3. The molecule has 4 heterocycles. The first-order valence-corrected chi connectivity index (χ1v) is 13.0. The molecule has 11 nitrogen and oxygen atoms in total. The highest BCUT2D eigenvalue weighted by molar-refractivity contribution is 7.89. The quantitative estimate of drug-likeness (QED) is 0.410. The SMILES string of the molecule is CCC(C)(C)C(=O)OCn1ccc2c(-c3cnn(C4(CC#N)CN(S(=O)(=O)CC)C4)c3)ncnc21. The lowest BCUT2D eigenvalue weighted by Crippen LogP contribution is -2.64. The van der Waals surface area contributed by atoms with Crippen LogP contribution in [0, 0.1) is 16.7 Å². The summed E-state index contributed by atoms with van der Waals surface area (Å²) in [6.45, 7) is 7.67. The maximum atomic E-state index is 12.4. The summed E-state index contributed by atoms with van der Waals surface area (Å²) >= 11 is 0. The van der Waals surface area contributed by atoms with Gasteiger partial charge in [0.1, 0.15) is 17.5 Å². The van der Waals surface area contributed by atoms with Gasteiger partial charge in [0.2, 0.25) is 10.0 Å². The van der Waals surface area contributed by atoms with Crippen LogP contribution in [0.3, 0.4) is 0 Å². The number of nitriles is 1. The Kier molecular flexibility index (Phi) is 6.42. The minimum absolute atomic E-state index is 0.0150. The van der Waals surface area contributed by atoms with Gasteiger partial charge in [-0.1, -0.05) is 6.92 Å². The molecule has 0 unspecified atom stereocenters. The number of hydrogen-bond acceptors (Lipinski definition) is 8. The van der Waals surface area contributed by atoms with E-state index >= 15 is 0 Å². The fourth-order valence-corrected chi connectivity index (χ4v) is 5.22. The van der Waals surface area contributed by atoms with Crippen molar-refractivity contribution in [3.05, 3.63) is 31.0 Å². The van der Waals surface area contributed by atoms with E-state index in [0.29, 0.717) is 23.3 Å². The topological polar surface area (TPSA) is 136 Å². The van der Waals surface area contributed by atoms with Gasteiger partial charge in [0.25, 0.3) is 0 Å². The number of hydrogen-bond donors (Lipinski definition) is 0. The predicted octanol–water partition coefficient (Wildman–Crippen LogP) is 2.51. The molecule has 0 amide bonds. The molecule has 1 fully saturated rings. The number of nitrogens with zero attached hydrogens (tertiary/aromatic N) is 7. The molecule has 12 heteroatoms. The van der Waals surface area contributed by atoms with Crippen molar-refractivity contribution in [1.29, 1.82) is 5.26 Å². The van der Waals surface area contributed by atoms with Crippen molar-refractivity contribution >= 4 is 27.0 Å². The van der Waals surface area contributed by atoms with Crippen LogP contribution in [-0.4, -0.2) is 61.9 Å². The highest BCUT2D eigenvalue weighted by Crippen LogP contribution is 2.36. The van der Waals surface area contributed by atoms with Crippen molar-refractivity contribution in [2.45, 2.75) is 52.8 Å². The molecule has 0 bridgehead atoms. The summed E-state index contributed by atoms with van der Waals surface area (Å²) < 4.78 is 34.7. The van der Waals surface area contributed by atoms with Crippen molar-refractivity contribution < 1.29 is 17.9 Å². The molecule has 186 valence electrons. The van der Waals surface area contributed by atoms with Crippen LogP contribution in [0.1, 0.15) is 40.5 Å². The van der Waals surface area contributed by atoms with Gasteiger partial charge in [-0.2, -0.15) is 14.7 Å². The van der Waals surface area contributed by atoms with E-state index in [-0.39, 0.29) is 38.0 Å². The summed E-state index contributed by atoms with van der Waals surface area (Å²) in [7, 11) is -3.33. The highest BCUT2D eigenvalue weighted by atomic mass is 32.2. The van der Waals surface area contributed by atoms with Gasteiger partial charge in [0.15, 0.2) is 6.73 Å². The van der Waals surface area contributed by atoms with Crippen molar-refractivity contribution in [2.24, 2.45) is 5.41 Å². The Morgan fingerprint density at radius 2 is 2.03 bits per heavy atom. The van der Waals surface area contributed by atoms with E-state index in [4.69, 9.17) is 4.74 Å². The number of sulfonamides is 1. The van der Waals surface area contributed by atoms with Crippen LogP contribution in [0.5, 0.6) is 0 Å². The number of ether oxygens (including phenoxy) is 1. The second kappa shape index (κ2) is 9.05. The lowest BCUT2D eigenvalue weighted by atomic mass is 9.89. The second-order valence-electron chi connectivity index (χ2n) is 9.44. The van der Waals surface area contributed by atoms with Crippen molar-refractivity contribution in [3.8, 4) is 17.3 Å². The Labute approximate surface area is 204 Å². The fraction of sp³-hybridized carbons (Fsp3) is 0.522. The smallest absolute Gasteiger partial charge is 0.313 e. The van der Waals surface area contributed by atoms with E-state index in [0.717, 1.165) is 5.39 Å². The van der Waals surface area contributed by atoms with Crippen LogP contribution >= 0.6 is 0 Å². The van der Waals surface area contributed by atoms with Crippen LogP contribution in [0.2, 0.25) is 0 Å². The molecule has 1 saturated heterocycles. The normalized spacial score (nSPS) is 16.1. The summed E-state index contributed by atoms with van der Waals surface area (Å²) in [6, 6.07) is 4.02. The minimum Gasteiger partial charge on any atom is -0.443 e. The van der Waals surface area contributed by atoms with Gasteiger partial charge in [-0.25, -0.2) is 18.4 Å². The second-order valence-corrected chi connectivity index (χ2v) is 11.7. The van der Waals surface area contributed by atoms with Gasteiger partial charge < -0.3 is 4.74 Å². The van der Waals surface area contributed by atoms with Gasteiger partial charge >= 0.3 is 5.97 Å². The average Bonchev–Trinajstić information content (AvgIpc) is 3.47. The number of rotatable bonds is 9. The first-order valence-electron chi connectivity index (χ1n) is 11.4. The van der Waals surface area contributed by atoms with Crippen LogP contribution in [0.25, 0.3) is 22.3 Å². The van der Waals surface area contributed by atoms with Crippen LogP contribution < -0.4 is 0 Å². The molecule has 0 N–H and O–H groups in total. The van der Waals surface area contributed by atoms with Gasteiger partial charge in [0.05, 0.1) is 35.5 Å². The number of aromatic nitrogens is 5. The van der Waals surface area contributed by atoms with E-state index in [1.54, 1.807) is 34.8 Å². The predicted molar refractivity (Wildman–Crippen MR) is 128 cm³/mol. The van der Waals surface area contributed by atoms with Gasteiger partial charge in [-0.15, -0.1) is 0 Å². The minimum atomic E-state index is -3.33. The Morgan fingerprint density at radius 3 is 2.69 bits per heavy atom. The molecule has 0 radical (unpaired) electrons.